The van der Waals surface area contributed by atoms with Crippen LogP contribution >= 0.6 is 0 Å². The van der Waals surface area contributed by atoms with E-state index in [1.165, 1.54) is 27.1 Å². The molecule has 0 saturated carbocycles. The summed E-state index contributed by atoms with van der Waals surface area (Å²) in [5, 5.41) is 5.17. The van der Waals surface area contributed by atoms with Gasteiger partial charge in [0.05, 0.1) is 0 Å². The van der Waals surface area contributed by atoms with Crippen molar-refractivity contribution in [3.05, 3.63) is 91.0 Å². The molecule has 0 fully saturated rings. The maximum atomic E-state index is 3.68. The van der Waals surface area contributed by atoms with E-state index < -0.39 is 0 Å². The first kappa shape index (κ1) is 12.4. The van der Waals surface area contributed by atoms with Gasteiger partial charge in [0.25, 0.3) is 0 Å². The van der Waals surface area contributed by atoms with Crippen LogP contribution < -0.4 is 0 Å². The number of allylic oxidation sites excluding steroid dienone is 4. The molecule has 0 bridgehead atoms. The maximum absolute atomic E-state index is 3.68. The quantitative estimate of drug-likeness (QED) is 0.413. The molecule has 0 spiro atoms. The Morgan fingerprint density at radius 3 is 2.20 bits per heavy atom. The first-order valence-corrected chi connectivity index (χ1v) is 6.76. The summed E-state index contributed by atoms with van der Waals surface area (Å²) in [4.78, 5) is 0. The van der Waals surface area contributed by atoms with Crippen molar-refractivity contribution < 1.29 is 0 Å². The van der Waals surface area contributed by atoms with Crippen molar-refractivity contribution in [2.24, 2.45) is 0 Å². The molecule has 20 heavy (non-hydrogen) atoms. The van der Waals surface area contributed by atoms with Gasteiger partial charge in [-0.25, -0.2) is 0 Å². The fraction of sp³-hybridized carbons (Fsp3) is 0. The molecule has 3 aromatic carbocycles. The third kappa shape index (κ3) is 2.28. The molecule has 0 aliphatic heterocycles. The Balaban J connectivity index is 2.26. The van der Waals surface area contributed by atoms with Crippen molar-refractivity contribution in [2.75, 3.05) is 0 Å². The van der Waals surface area contributed by atoms with E-state index in [0.29, 0.717) is 0 Å². The lowest BCUT2D eigenvalue weighted by Crippen LogP contribution is -1.82. The van der Waals surface area contributed by atoms with E-state index in [0.717, 1.165) is 0 Å². The van der Waals surface area contributed by atoms with E-state index in [1.807, 2.05) is 12.2 Å². The summed E-state index contributed by atoms with van der Waals surface area (Å²) in [7, 11) is 0. The van der Waals surface area contributed by atoms with Crippen LogP contribution in [0.25, 0.3) is 27.6 Å². The third-order valence-electron chi connectivity index (χ3n) is 3.43. The summed E-state index contributed by atoms with van der Waals surface area (Å²) in [5.74, 6) is 0. The van der Waals surface area contributed by atoms with E-state index in [9.17, 15) is 0 Å². The van der Waals surface area contributed by atoms with Crippen molar-refractivity contribution in [2.45, 2.75) is 0 Å². The summed E-state index contributed by atoms with van der Waals surface area (Å²) < 4.78 is 0. The molecular formula is C20H16. The van der Waals surface area contributed by atoms with Crippen LogP contribution in [0.1, 0.15) is 5.56 Å². The van der Waals surface area contributed by atoms with E-state index in [2.05, 4.69) is 73.3 Å². The lowest BCUT2D eigenvalue weighted by molar-refractivity contribution is 1.73. The molecule has 0 aromatic heterocycles. The number of hydrogen-bond donors (Lipinski definition) is 0. The van der Waals surface area contributed by atoms with Crippen molar-refractivity contribution >= 4 is 27.6 Å². The summed E-state index contributed by atoms with van der Waals surface area (Å²) in [6, 6.07) is 19.3. The second kappa shape index (κ2) is 5.58. The molecule has 0 aliphatic carbocycles. The van der Waals surface area contributed by atoms with Crippen LogP contribution in [-0.4, -0.2) is 0 Å². The fourth-order valence-corrected chi connectivity index (χ4v) is 2.52. The molecule has 0 nitrogen and oxygen atoms in total. The Hall–Kier alpha value is -2.60. The molecular weight excluding hydrogens is 240 g/mol. The third-order valence-corrected chi connectivity index (χ3v) is 3.43. The highest BCUT2D eigenvalue weighted by Gasteiger charge is 2.03. The average Bonchev–Trinajstić information content (AvgIpc) is 2.51. The normalized spacial score (nSPS) is 11.8. The van der Waals surface area contributed by atoms with Crippen molar-refractivity contribution in [1.82, 2.24) is 0 Å². The van der Waals surface area contributed by atoms with Gasteiger partial charge in [0, 0.05) is 0 Å². The SMILES string of the molecule is C=C/C=C\C=C/c1cc2ccccc2c2ccccc12. The second-order valence-corrected chi connectivity index (χ2v) is 4.71. The highest BCUT2D eigenvalue weighted by Crippen LogP contribution is 2.29. The van der Waals surface area contributed by atoms with Gasteiger partial charge in [-0.15, -0.1) is 0 Å². The second-order valence-electron chi connectivity index (χ2n) is 4.71. The van der Waals surface area contributed by atoms with Crippen LogP contribution in [0.5, 0.6) is 0 Å². The van der Waals surface area contributed by atoms with Crippen molar-refractivity contribution in [3.63, 3.8) is 0 Å². The Morgan fingerprint density at radius 1 is 0.700 bits per heavy atom. The van der Waals surface area contributed by atoms with Gasteiger partial charge in [-0.05, 0) is 33.2 Å². The molecule has 0 atom stereocenters. The van der Waals surface area contributed by atoms with E-state index in [1.54, 1.807) is 6.08 Å². The minimum absolute atomic E-state index is 1.24. The largest absolute Gasteiger partial charge is 0.0991 e. The number of benzene rings is 3. The molecule has 0 radical (unpaired) electrons. The lowest BCUT2D eigenvalue weighted by Gasteiger charge is -2.07. The Bertz CT molecular complexity index is 820. The monoisotopic (exact) mass is 256 g/mol. The summed E-state index contributed by atoms with van der Waals surface area (Å²) in [5.41, 5.74) is 1.24. The van der Waals surface area contributed by atoms with Gasteiger partial charge in [-0.1, -0.05) is 85.5 Å². The first-order chi connectivity index (χ1) is 9.90. The topological polar surface area (TPSA) is 0 Å². The molecule has 3 rings (SSSR count). The Labute approximate surface area is 119 Å². The standard InChI is InChI=1S/C20H16/c1-2-3-4-5-10-16-15-17-11-6-7-12-18(17)20-14-9-8-13-19(16)20/h2-15H,1H2/b4-3-,10-5-. The van der Waals surface area contributed by atoms with Gasteiger partial charge in [0.15, 0.2) is 0 Å². The molecule has 96 valence electrons. The van der Waals surface area contributed by atoms with E-state index in [-0.39, 0.29) is 0 Å². The predicted octanol–water partition coefficient (Wildman–Crippen LogP) is 5.75. The van der Waals surface area contributed by atoms with Crippen LogP contribution in [-0.2, 0) is 0 Å². The number of rotatable bonds is 3. The van der Waals surface area contributed by atoms with Crippen LogP contribution in [0.15, 0.2) is 85.5 Å². The lowest BCUT2D eigenvalue weighted by atomic mass is 9.97. The highest BCUT2D eigenvalue weighted by atomic mass is 14.1. The van der Waals surface area contributed by atoms with Crippen molar-refractivity contribution in [3.8, 4) is 0 Å². The fourth-order valence-electron chi connectivity index (χ4n) is 2.52. The molecule has 0 heteroatoms. The predicted molar refractivity (Wildman–Crippen MR) is 89.8 cm³/mol. The number of hydrogen-bond acceptors (Lipinski definition) is 0. The molecule has 0 N–H and O–H groups in total. The van der Waals surface area contributed by atoms with Crippen LogP contribution in [0.3, 0.4) is 0 Å². The molecule has 0 unspecified atom stereocenters. The Morgan fingerprint density at radius 2 is 1.40 bits per heavy atom. The zero-order valence-corrected chi connectivity index (χ0v) is 11.3. The van der Waals surface area contributed by atoms with Crippen LogP contribution in [0, 0.1) is 0 Å². The van der Waals surface area contributed by atoms with E-state index in [4.69, 9.17) is 0 Å². The maximum Gasteiger partial charge on any atom is -0.00994 e. The number of fused-ring (bicyclic) bond motifs is 3. The summed E-state index contributed by atoms with van der Waals surface area (Å²) in [6.07, 6.45) is 9.91. The first-order valence-electron chi connectivity index (χ1n) is 6.76. The zero-order chi connectivity index (χ0) is 13.8. The summed E-state index contributed by atoms with van der Waals surface area (Å²) in [6.45, 7) is 3.68. The minimum Gasteiger partial charge on any atom is -0.0991 e. The Kier molecular flexibility index (Phi) is 3.47. The molecule has 0 amide bonds. The van der Waals surface area contributed by atoms with Gasteiger partial charge < -0.3 is 0 Å². The van der Waals surface area contributed by atoms with Gasteiger partial charge in [0.1, 0.15) is 0 Å². The van der Waals surface area contributed by atoms with Crippen LogP contribution in [0.2, 0.25) is 0 Å². The molecule has 0 heterocycles. The van der Waals surface area contributed by atoms with Gasteiger partial charge in [-0.2, -0.15) is 0 Å². The highest BCUT2D eigenvalue weighted by molar-refractivity contribution is 6.10. The van der Waals surface area contributed by atoms with Gasteiger partial charge in [0.2, 0.25) is 0 Å². The molecule has 0 saturated heterocycles. The van der Waals surface area contributed by atoms with Crippen molar-refractivity contribution in [1.29, 1.82) is 0 Å². The van der Waals surface area contributed by atoms with Gasteiger partial charge in [-0.3, -0.25) is 0 Å². The van der Waals surface area contributed by atoms with E-state index >= 15 is 0 Å². The van der Waals surface area contributed by atoms with Crippen LogP contribution in [0.4, 0.5) is 0 Å². The molecule has 0 aliphatic rings. The zero-order valence-electron chi connectivity index (χ0n) is 11.3. The summed E-state index contributed by atoms with van der Waals surface area (Å²) >= 11 is 0. The minimum atomic E-state index is 1.24. The smallest absolute Gasteiger partial charge is 0.00994 e. The average molecular weight is 256 g/mol. The molecule has 3 aromatic rings. The van der Waals surface area contributed by atoms with Gasteiger partial charge >= 0.3 is 0 Å².